The molecule has 0 saturated heterocycles. The number of aromatic nitrogens is 2. The van der Waals surface area contributed by atoms with E-state index in [0.29, 0.717) is 17.6 Å². The number of nitrogens with one attached hydrogen (secondary N) is 1. The number of thioether (sulfide) groups is 1. The quantitative estimate of drug-likeness (QED) is 0.590. The molecule has 134 valence electrons. The van der Waals surface area contributed by atoms with Crippen molar-refractivity contribution < 1.29 is 5.11 Å². The summed E-state index contributed by atoms with van der Waals surface area (Å²) in [5.41, 5.74) is 2.79. The fraction of sp³-hybridized carbons (Fsp3) is 0.238. The van der Waals surface area contributed by atoms with Gasteiger partial charge in [0, 0.05) is 28.3 Å². The molecule has 0 aliphatic heterocycles. The molecule has 4 nitrogen and oxygen atoms in total. The Hall–Kier alpha value is -2.37. The molecule has 2 aromatic carbocycles. The highest BCUT2D eigenvalue weighted by Crippen LogP contribution is 2.26. The van der Waals surface area contributed by atoms with Gasteiger partial charge in [-0.25, -0.2) is 9.97 Å². The van der Waals surface area contributed by atoms with Gasteiger partial charge in [-0.2, -0.15) is 0 Å². The van der Waals surface area contributed by atoms with Crippen LogP contribution in [0.4, 0.5) is 5.82 Å². The molecular weight excluding hydrogens is 342 g/mol. The van der Waals surface area contributed by atoms with Crippen LogP contribution in [0.3, 0.4) is 0 Å². The largest absolute Gasteiger partial charge is 0.387 e. The highest BCUT2D eigenvalue weighted by Gasteiger charge is 2.08. The minimum absolute atomic E-state index is 0.393. The molecule has 0 aliphatic rings. The number of rotatable bonds is 7. The highest BCUT2D eigenvalue weighted by atomic mass is 32.2. The van der Waals surface area contributed by atoms with Crippen LogP contribution in [-0.4, -0.2) is 26.9 Å². The summed E-state index contributed by atoms with van der Waals surface area (Å²) >= 11 is 1.84. The van der Waals surface area contributed by atoms with Crippen LogP contribution in [-0.2, 0) is 0 Å². The van der Waals surface area contributed by atoms with Crippen molar-refractivity contribution in [2.24, 2.45) is 0 Å². The zero-order valence-electron chi connectivity index (χ0n) is 15.0. The van der Waals surface area contributed by atoms with Crippen molar-refractivity contribution in [2.75, 3.05) is 11.9 Å². The maximum Gasteiger partial charge on any atom is 0.130 e. The Balaban J connectivity index is 1.66. The molecule has 5 heteroatoms. The summed E-state index contributed by atoms with van der Waals surface area (Å²) in [6.45, 7) is 4.76. The van der Waals surface area contributed by atoms with Gasteiger partial charge in [-0.3, -0.25) is 0 Å². The maximum absolute atomic E-state index is 10.3. The fourth-order valence-corrected chi connectivity index (χ4v) is 3.42. The van der Waals surface area contributed by atoms with Crippen LogP contribution in [0, 0.1) is 0 Å². The van der Waals surface area contributed by atoms with E-state index in [-0.39, 0.29) is 0 Å². The molecule has 3 aromatic rings. The number of anilines is 1. The van der Waals surface area contributed by atoms with Crippen molar-refractivity contribution in [1.29, 1.82) is 0 Å². The number of benzene rings is 2. The molecule has 0 aliphatic carbocycles. The summed E-state index contributed by atoms with van der Waals surface area (Å²) in [5.74, 6) is 0.700. The number of hydrogen-bond acceptors (Lipinski definition) is 5. The molecule has 1 aromatic heterocycles. The van der Waals surface area contributed by atoms with Crippen molar-refractivity contribution >= 4 is 17.6 Å². The molecule has 2 N–H and O–H groups in total. The van der Waals surface area contributed by atoms with E-state index >= 15 is 0 Å². The van der Waals surface area contributed by atoms with Crippen LogP contribution in [0.2, 0.25) is 0 Å². The monoisotopic (exact) mass is 365 g/mol. The van der Waals surface area contributed by atoms with Gasteiger partial charge >= 0.3 is 0 Å². The van der Waals surface area contributed by atoms with E-state index in [2.05, 4.69) is 53.4 Å². The van der Waals surface area contributed by atoms with Gasteiger partial charge in [0.1, 0.15) is 12.1 Å². The second kappa shape index (κ2) is 8.83. The first-order valence-corrected chi connectivity index (χ1v) is 9.56. The molecule has 0 radical (unpaired) electrons. The van der Waals surface area contributed by atoms with Gasteiger partial charge in [0.15, 0.2) is 0 Å². The van der Waals surface area contributed by atoms with Crippen LogP contribution in [0.1, 0.15) is 25.5 Å². The first-order chi connectivity index (χ1) is 12.6. The fourth-order valence-electron chi connectivity index (χ4n) is 2.58. The lowest BCUT2D eigenvalue weighted by Crippen LogP contribution is -2.13. The summed E-state index contributed by atoms with van der Waals surface area (Å²) in [5, 5.41) is 14.0. The standard InChI is InChI=1S/C21H23N3OS/c1-15(2)26-18-10-8-16(9-11-18)19-12-21(24-14-23-19)22-13-20(25)17-6-4-3-5-7-17/h3-12,14-15,20,25H,13H2,1-2H3,(H,22,23,24). The van der Waals surface area contributed by atoms with Gasteiger partial charge in [-0.1, -0.05) is 56.3 Å². The second-order valence-corrected chi connectivity index (χ2v) is 7.94. The summed E-state index contributed by atoms with van der Waals surface area (Å²) in [7, 11) is 0. The average molecular weight is 366 g/mol. The van der Waals surface area contributed by atoms with E-state index in [1.807, 2.05) is 48.2 Å². The minimum Gasteiger partial charge on any atom is -0.387 e. The summed E-state index contributed by atoms with van der Waals surface area (Å²) < 4.78 is 0. The molecule has 0 amide bonds. The predicted molar refractivity (Wildman–Crippen MR) is 108 cm³/mol. The van der Waals surface area contributed by atoms with Crippen molar-refractivity contribution in [3.63, 3.8) is 0 Å². The Morgan fingerprint density at radius 1 is 1.00 bits per heavy atom. The Morgan fingerprint density at radius 3 is 2.42 bits per heavy atom. The zero-order chi connectivity index (χ0) is 18.4. The summed E-state index contributed by atoms with van der Waals surface area (Å²) in [6.07, 6.45) is 0.963. The Bertz CT molecular complexity index is 822. The number of nitrogens with zero attached hydrogens (tertiary/aromatic N) is 2. The zero-order valence-corrected chi connectivity index (χ0v) is 15.8. The van der Waals surface area contributed by atoms with Gasteiger partial charge in [-0.15, -0.1) is 11.8 Å². The van der Waals surface area contributed by atoms with Gasteiger partial charge in [-0.05, 0) is 17.7 Å². The van der Waals surface area contributed by atoms with Gasteiger partial charge in [0.05, 0.1) is 11.8 Å². The third-order valence-corrected chi connectivity index (χ3v) is 4.87. The molecule has 1 atom stereocenters. The molecule has 1 unspecified atom stereocenters. The Kier molecular flexibility index (Phi) is 6.26. The number of aliphatic hydroxyl groups is 1. The first-order valence-electron chi connectivity index (χ1n) is 8.68. The first kappa shape index (κ1) is 18.4. The SMILES string of the molecule is CC(C)Sc1ccc(-c2cc(NCC(O)c3ccccc3)ncn2)cc1. The third-order valence-electron chi connectivity index (χ3n) is 3.85. The number of hydrogen-bond donors (Lipinski definition) is 2. The van der Waals surface area contributed by atoms with Gasteiger partial charge < -0.3 is 10.4 Å². The van der Waals surface area contributed by atoms with E-state index in [1.165, 1.54) is 4.90 Å². The van der Waals surface area contributed by atoms with E-state index in [9.17, 15) is 5.11 Å². The second-order valence-electron chi connectivity index (χ2n) is 6.29. The van der Waals surface area contributed by atoms with Crippen LogP contribution in [0.15, 0.2) is 71.9 Å². The highest BCUT2D eigenvalue weighted by molar-refractivity contribution is 7.99. The lowest BCUT2D eigenvalue weighted by atomic mass is 10.1. The Morgan fingerprint density at radius 2 is 1.73 bits per heavy atom. The van der Waals surface area contributed by atoms with Crippen molar-refractivity contribution in [1.82, 2.24) is 9.97 Å². The summed E-state index contributed by atoms with van der Waals surface area (Å²) in [4.78, 5) is 9.87. The summed E-state index contributed by atoms with van der Waals surface area (Å²) in [6, 6.07) is 19.9. The lowest BCUT2D eigenvalue weighted by molar-refractivity contribution is 0.191. The lowest BCUT2D eigenvalue weighted by Gasteiger charge is -2.13. The van der Waals surface area contributed by atoms with E-state index in [4.69, 9.17) is 0 Å². The normalized spacial score (nSPS) is 12.2. The van der Waals surface area contributed by atoms with Crippen LogP contribution < -0.4 is 5.32 Å². The van der Waals surface area contributed by atoms with E-state index in [0.717, 1.165) is 16.8 Å². The van der Waals surface area contributed by atoms with Crippen LogP contribution >= 0.6 is 11.8 Å². The molecule has 26 heavy (non-hydrogen) atoms. The van der Waals surface area contributed by atoms with Crippen molar-refractivity contribution in [2.45, 2.75) is 30.1 Å². The smallest absolute Gasteiger partial charge is 0.130 e. The van der Waals surface area contributed by atoms with E-state index < -0.39 is 6.10 Å². The van der Waals surface area contributed by atoms with Crippen molar-refractivity contribution in [3.8, 4) is 11.3 Å². The van der Waals surface area contributed by atoms with Crippen LogP contribution in [0.5, 0.6) is 0 Å². The topological polar surface area (TPSA) is 58.0 Å². The van der Waals surface area contributed by atoms with Crippen molar-refractivity contribution in [3.05, 3.63) is 72.6 Å². The van der Waals surface area contributed by atoms with Crippen LogP contribution in [0.25, 0.3) is 11.3 Å². The molecular formula is C21H23N3OS. The molecule has 0 fully saturated rings. The molecule has 3 rings (SSSR count). The molecule has 0 saturated carbocycles. The van der Waals surface area contributed by atoms with Gasteiger partial charge in [0.25, 0.3) is 0 Å². The molecule has 1 heterocycles. The molecule has 0 spiro atoms. The Labute approximate surface area is 158 Å². The van der Waals surface area contributed by atoms with E-state index in [1.54, 1.807) is 6.33 Å². The third kappa shape index (κ3) is 5.07. The molecule has 0 bridgehead atoms. The van der Waals surface area contributed by atoms with Gasteiger partial charge in [0.2, 0.25) is 0 Å². The maximum atomic E-state index is 10.3. The number of aliphatic hydroxyl groups excluding tert-OH is 1. The predicted octanol–water partition coefficient (Wildman–Crippen LogP) is 4.79. The minimum atomic E-state index is -0.582. The average Bonchev–Trinajstić information content (AvgIpc) is 2.67.